The summed E-state index contributed by atoms with van der Waals surface area (Å²) in [7, 11) is 0. The standard InChI is InChI=1S/C19H17Br3N4OS/c1-3-26-18(12-6-4-11(2)5-7-12)24-25-19(26)28-10-16(27)23-17-14(21)8-13(20)9-15(17)22/h4-9H,3,10H2,1-2H3,(H,23,27). The number of hydrogen-bond donors (Lipinski definition) is 1. The molecular weight excluding hydrogens is 572 g/mol. The molecule has 0 aliphatic heterocycles. The average Bonchev–Trinajstić information content (AvgIpc) is 3.06. The van der Waals surface area contributed by atoms with Crippen LogP contribution in [0.1, 0.15) is 12.5 Å². The second kappa shape index (κ2) is 9.56. The molecule has 0 atom stereocenters. The zero-order valence-corrected chi connectivity index (χ0v) is 20.7. The van der Waals surface area contributed by atoms with Crippen molar-refractivity contribution in [1.82, 2.24) is 14.8 Å². The van der Waals surface area contributed by atoms with E-state index >= 15 is 0 Å². The highest BCUT2D eigenvalue weighted by molar-refractivity contribution is 9.11. The maximum Gasteiger partial charge on any atom is 0.234 e. The highest BCUT2D eigenvalue weighted by atomic mass is 79.9. The van der Waals surface area contributed by atoms with Gasteiger partial charge >= 0.3 is 0 Å². The van der Waals surface area contributed by atoms with Gasteiger partial charge in [-0.05, 0) is 57.8 Å². The topological polar surface area (TPSA) is 59.8 Å². The van der Waals surface area contributed by atoms with Crippen molar-refractivity contribution in [3.8, 4) is 11.4 Å². The van der Waals surface area contributed by atoms with E-state index in [1.165, 1.54) is 17.3 Å². The van der Waals surface area contributed by atoms with Crippen molar-refractivity contribution in [1.29, 1.82) is 0 Å². The van der Waals surface area contributed by atoms with Crippen LogP contribution in [0.3, 0.4) is 0 Å². The van der Waals surface area contributed by atoms with Gasteiger partial charge in [0.15, 0.2) is 11.0 Å². The van der Waals surface area contributed by atoms with E-state index in [-0.39, 0.29) is 11.7 Å². The van der Waals surface area contributed by atoms with E-state index in [0.717, 1.165) is 36.5 Å². The van der Waals surface area contributed by atoms with Crippen LogP contribution >= 0.6 is 59.6 Å². The summed E-state index contributed by atoms with van der Waals surface area (Å²) < 4.78 is 4.53. The molecule has 1 N–H and O–H groups in total. The summed E-state index contributed by atoms with van der Waals surface area (Å²) in [6.45, 7) is 4.82. The Balaban J connectivity index is 1.71. The minimum atomic E-state index is -0.115. The average molecular weight is 589 g/mol. The van der Waals surface area contributed by atoms with Crippen molar-refractivity contribution in [3.63, 3.8) is 0 Å². The van der Waals surface area contributed by atoms with Gasteiger partial charge < -0.3 is 9.88 Å². The van der Waals surface area contributed by atoms with Crippen LogP contribution in [0.4, 0.5) is 5.69 Å². The second-order valence-electron chi connectivity index (χ2n) is 6.00. The number of nitrogens with one attached hydrogen (secondary N) is 1. The minimum absolute atomic E-state index is 0.115. The van der Waals surface area contributed by atoms with Gasteiger partial charge in [-0.3, -0.25) is 4.79 Å². The van der Waals surface area contributed by atoms with Gasteiger partial charge in [-0.25, -0.2) is 0 Å². The van der Waals surface area contributed by atoms with E-state index in [0.29, 0.717) is 5.69 Å². The first-order valence-electron chi connectivity index (χ1n) is 8.46. The molecule has 0 aliphatic rings. The number of carbonyl (C=O) groups is 1. The smallest absolute Gasteiger partial charge is 0.234 e. The van der Waals surface area contributed by atoms with Crippen LogP contribution in [0, 0.1) is 6.92 Å². The molecule has 146 valence electrons. The van der Waals surface area contributed by atoms with E-state index in [2.05, 4.69) is 82.4 Å². The highest BCUT2D eigenvalue weighted by Crippen LogP contribution is 2.34. The molecule has 9 heteroatoms. The van der Waals surface area contributed by atoms with Gasteiger partial charge in [-0.1, -0.05) is 57.5 Å². The van der Waals surface area contributed by atoms with E-state index in [1.54, 1.807) is 0 Å². The Morgan fingerprint density at radius 1 is 1.11 bits per heavy atom. The fourth-order valence-corrected chi connectivity index (χ4v) is 5.82. The van der Waals surface area contributed by atoms with Crippen molar-refractivity contribution < 1.29 is 4.79 Å². The summed E-state index contributed by atoms with van der Waals surface area (Å²) in [5, 5.41) is 12.3. The minimum Gasteiger partial charge on any atom is -0.323 e. The lowest BCUT2D eigenvalue weighted by atomic mass is 10.1. The number of nitrogens with zero attached hydrogens (tertiary/aromatic N) is 3. The summed E-state index contributed by atoms with van der Waals surface area (Å²) in [6.07, 6.45) is 0. The van der Waals surface area contributed by atoms with Crippen molar-refractivity contribution in [2.45, 2.75) is 25.5 Å². The van der Waals surface area contributed by atoms with Crippen LogP contribution < -0.4 is 5.32 Å². The first kappa shape index (κ1) is 21.5. The number of aryl methyl sites for hydroxylation is 1. The fraction of sp³-hybridized carbons (Fsp3) is 0.211. The first-order chi connectivity index (χ1) is 13.4. The number of rotatable bonds is 6. The molecule has 5 nitrogen and oxygen atoms in total. The van der Waals surface area contributed by atoms with Crippen LogP contribution in [-0.4, -0.2) is 26.4 Å². The van der Waals surface area contributed by atoms with Crippen LogP contribution in [-0.2, 0) is 11.3 Å². The molecule has 1 heterocycles. The molecule has 0 radical (unpaired) electrons. The number of carbonyl (C=O) groups excluding carboxylic acids is 1. The monoisotopic (exact) mass is 586 g/mol. The van der Waals surface area contributed by atoms with Gasteiger partial charge in [-0.2, -0.15) is 0 Å². The molecule has 2 aromatic carbocycles. The molecule has 0 saturated heterocycles. The van der Waals surface area contributed by atoms with Gasteiger partial charge in [-0.15, -0.1) is 10.2 Å². The van der Waals surface area contributed by atoms with Crippen molar-refractivity contribution >= 4 is 71.1 Å². The van der Waals surface area contributed by atoms with Gasteiger partial charge in [0.05, 0.1) is 11.4 Å². The van der Waals surface area contributed by atoms with E-state index in [9.17, 15) is 4.79 Å². The molecule has 0 fully saturated rings. The quantitative estimate of drug-likeness (QED) is 0.344. The molecule has 0 saturated carbocycles. The van der Waals surface area contributed by atoms with Gasteiger partial charge in [0.25, 0.3) is 0 Å². The Morgan fingerprint density at radius 2 is 1.75 bits per heavy atom. The molecular formula is C19H17Br3N4OS. The number of anilines is 1. The van der Waals surface area contributed by atoms with Crippen LogP contribution in [0.15, 0.2) is 55.0 Å². The predicted octanol–water partition coefficient (Wildman–Crippen LogP) is 6.29. The zero-order valence-electron chi connectivity index (χ0n) is 15.2. The number of amides is 1. The summed E-state index contributed by atoms with van der Waals surface area (Å²) in [4.78, 5) is 12.4. The van der Waals surface area contributed by atoms with Crippen LogP contribution in [0.5, 0.6) is 0 Å². The second-order valence-corrected chi connectivity index (χ2v) is 9.56. The lowest BCUT2D eigenvalue weighted by Gasteiger charge is -2.11. The molecule has 1 aromatic heterocycles. The largest absolute Gasteiger partial charge is 0.323 e. The van der Waals surface area contributed by atoms with Gasteiger partial charge in [0, 0.05) is 25.5 Å². The predicted molar refractivity (Wildman–Crippen MR) is 125 cm³/mol. The molecule has 0 aliphatic carbocycles. The number of hydrogen-bond acceptors (Lipinski definition) is 4. The molecule has 0 spiro atoms. The molecule has 28 heavy (non-hydrogen) atoms. The normalized spacial score (nSPS) is 10.9. The third-order valence-corrected chi connectivity index (χ3v) is 6.62. The summed E-state index contributed by atoms with van der Waals surface area (Å²) in [5.74, 6) is 0.932. The Labute approximate surface area is 193 Å². The molecule has 3 aromatic rings. The molecule has 1 amide bonds. The maximum absolute atomic E-state index is 12.4. The van der Waals surface area contributed by atoms with Crippen molar-refractivity contribution in [2.75, 3.05) is 11.1 Å². The number of thioether (sulfide) groups is 1. The number of benzene rings is 2. The molecule has 3 rings (SSSR count). The lowest BCUT2D eigenvalue weighted by molar-refractivity contribution is -0.113. The Kier molecular flexibility index (Phi) is 7.36. The highest BCUT2D eigenvalue weighted by Gasteiger charge is 2.16. The number of halogens is 3. The molecule has 0 bridgehead atoms. The summed E-state index contributed by atoms with van der Waals surface area (Å²) in [5.41, 5.74) is 2.91. The third kappa shape index (κ3) is 5.06. The third-order valence-electron chi connectivity index (χ3n) is 3.95. The van der Waals surface area contributed by atoms with Gasteiger partial charge in [0.2, 0.25) is 5.91 Å². The Hall–Kier alpha value is -1.16. The number of aromatic nitrogens is 3. The fourth-order valence-electron chi connectivity index (χ4n) is 2.56. The molecule has 0 unspecified atom stereocenters. The van der Waals surface area contributed by atoms with Crippen LogP contribution in [0.2, 0.25) is 0 Å². The van der Waals surface area contributed by atoms with E-state index < -0.39 is 0 Å². The van der Waals surface area contributed by atoms with E-state index in [4.69, 9.17) is 0 Å². The maximum atomic E-state index is 12.4. The van der Waals surface area contributed by atoms with E-state index in [1.807, 2.05) is 35.8 Å². The summed E-state index contributed by atoms with van der Waals surface area (Å²) >= 11 is 11.7. The Bertz CT molecular complexity index is 982. The zero-order chi connectivity index (χ0) is 20.3. The SMILES string of the molecule is CCn1c(SCC(=O)Nc2c(Br)cc(Br)cc2Br)nnc1-c1ccc(C)cc1. The van der Waals surface area contributed by atoms with Crippen molar-refractivity contribution in [3.05, 3.63) is 55.4 Å². The first-order valence-corrected chi connectivity index (χ1v) is 11.8. The summed E-state index contributed by atoms with van der Waals surface area (Å²) in [6, 6.07) is 11.9. The van der Waals surface area contributed by atoms with Crippen LogP contribution in [0.25, 0.3) is 11.4 Å². The van der Waals surface area contributed by atoms with Crippen molar-refractivity contribution in [2.24, 2.45) is 0 Å². The lowest BCUT2D eigenvalue weighted by Crippen LogP contribution is -2.15. The van der Waals surface area contributed by atoms with Gasteiger partial charge in [0.1, 0.15) is 0 Å². The Morgan fingerprint density at radius 3 is 2.36 bits per heavy atom.